The molecule has 0 aliphatic heterocycles. The SMILES string of the molecule is CS(=O)(=O)N(CC(=O)N(Cc1ccc(Br)cc1)[C@@H](Cc1ccccc1)C(=O)NC1CCCCC1)c1ccccc1Br. The Morgan fingerprint density at radius 3 is 2.15 bits per heavy atom. The second-order valence-corrected chi connectivity index (χ2v) is 14.1. The lowest BCUT2D eigenvalue weighted by molar-refractivity contribution is -0.140. The van der Waals surface area contributed by atoms with Crippen molar-refractivity contribution in [2.75, 3.05) is 17.1 Å². The number of para-hydroxylation sites is 1. The zero-order chi connectivity index (χ0) is 29.4. The molecule has 3 aromatic rings. The molecule has 0 bridgehead atoms. The fraction of sp³-hybridized carbons (Fsp3) is 0.355. The second-order valence-electron chi connectivity index (χ2n) is 10.4. The molecule has 0 unspecified atom stereocenters. The van der Waals surface area contributed by atoms with Gasteiger partial charge in [0.25, 0.3) is 0 Å². The van der Waals surface area contributed by atoms with Gasteiger partial charge in [-0.05, 0) is 64.2 Å². The average molecular weight is 706 g/mol. The molecule has 2 amide bonds. The van der Waals surface area contributed by atoms with Crippen molar-refractivity contribution in [3.63, 3.8) is 0 Å². The lowest BCUT2D eigenvalue weighted by Gasteiger charge is -2.35. The Bertz CT molecular complexity index is 1430. The monoisotopic (exact) mass is 703 g/mol. The molecule has 1 N–H and O–H groups in total. The summed E-state index contributed by atoms with van der Waals surface area (Å²) in [7, 11) is -3.83. The van der Waals surface area contributed by atoms with Gasteiger partial charge in [0.2, 0.25) is 21.8 Å². The van der Waals surface area contributed by atoms with Crippen molar-refractivity contribution in [3.8, 4) is 0 Å². The number of benzene rings is 3. The second kappa shape index (κ2) is 14.5. The maximum Gasteiger partial charge on any atom is 0.244 e. The van der Waals surface area contributed by atoms with Crippen molar-refractivity contribution in [2.24, 2.45) is 0 Å². The van der Waals surface area contributed by atoms with Crippen molar-refractivity contribution in [1.29, 1.82) is 0 Å². The standard InChI is InChI=1S/C31H35Br2N3O4S/c1-41(39,40)36(28-15-9-8-14-27(28)33)22-30(37)35(21-24-16-18-25(32)19-17-24)29(20-23-10-4-2-5-11-23)31(38)34-26-12-6-3-7-13-26/h2,4-5,8-11,14-19,26,29H,3,6-7,12-13,20-22H2,1H3,(H,34,38)/t29-/m0/s1. The molecule has 1 aliphatic carbocycles. The summed E-state index contributed by atoms with van der Waals surface area (Å²) in [6, 6.07) is 23.3. The van der Waals surface area contributed by atoms with Crippen molar-refractivity contribution in [1.82, 2.24) is 10.2 Å². The number of hydrogen-bond acceptors (Lipinski definition) is 4. The van der Waals surface area contributed by atoms with Crippen LogP contribution in [0.3, 0.4) is 0 Å². The molecular formula is C31H35Br2N3O4S. The van der Waals surface area contributed by atoms with Crippen LogP contribution in [-0.2, 0) is 32.6 Å². The predicted molar refractivity (Wildman–Crippen MR) is 170 cm³/mol. The zero-order valence-electron chi connectivity index (χ0n) is 23.0. The first-order valence-electron chi connectivity index (χ1n) is 13.7. The van der Waals surface area contributed by atoms with Gasteiger partial charge in [-0.3, -0.25) is 13.9 Å². The molecule has 218 valence electrons. The molecule has 3 aromatic carbocycles. The van der Waals surface area contributed by atoms with Gasteiger partial charge in [-0.2, -0.15) is 0 Å². The molecule has 1 aliphatic rings. The van der Waals surface area contributed by atoms with Crippen LogP contribution < -0.4 is 9.62 Å². The van der Waals surface area contributed by atoms with E-state index in [0.29, 0.717) is 16.6 Å². The summed E-state index contributed by atoms with van der Waals surface area (Å²) in [6.45, 7) is -0.296. The topological polar surface area (TPSA) is 86.8 Å². The van der Waals surface area contributed by atoms with E-state index in [2.05, 4.69) is 37.2 Å². The highest BCUT2D eigenvalue weighted by molar-refractivity contribution is 9.10. The number of carbonyl (C=O) groups excluding carboxylic acids is 2. The van der Waals surface area contributed by atoms with E-state index in [-0.39, 0.29) is 18.5 Å². The Morgan fingerprint density at radius 1 is 0.878 bits per heavy atom. The van der Waals surface area contributed by atoms with E-state index in [1.54, 1.807) is 24.3 Å². The molecule has 1 atom stereocenters. The van der Waals surface area contributed by atoms with E-state index in [4.69, 9.17) is 0 Å². The maximum atomic E-state index is 14.2. The molecule has 0 radical (unpaired) electrons. The maximum absolute atomic E-state index is 14.2. The van der Waals surface area contributed by atoms with Crippen LogP contribution >= 0.6 is 31.9 Å². The van der Waals surface area contributed by atoms with Crippen LogP contribution in [0.4, 0.5) is 5.69 Å². The van der Waals surface area contributed by atoms with Gasteiger partial charge in [0, 0.05) is 28.0 Å². The fourth-order valence-electron chi connectivity index (χ4n) is 5.13. The summed E-state index contributed by atoms with van der Waals surface area (Å²) in [6.07, 6.45) is 6.48. The fourth-order valence-corrected chi connectivity index (χ4v) is 6.88. The number of halogens is 2. The zero-order valence-corrected chi connectivity index (χ0v) is 27.0. The number of hydrogen-bond donors (Lipinski definition) is 1. The average Bonchev–Trinajstić information content (AvgIpc) is 2.95. The number of sulfonamides is 1. The Balaban J connectivity index is 1.72. The highest BCUT2D eigenvalue weighted by Gasteiger charge is 2.34. The summed E-state index contributed by atoms with van der Waals surface area (Å²) < 4.78 is 28.4. The molecule has 41 heavy (non-hydrogen) atoms. The van der Waals surface area contributed by atoms with Gasteiger partial charge in [-0.15, -0.1) is 0 Å². The minimum absolute atomic E-state index is 0.0620. The third kappa shape index (κ3) is 8.90. The molecule has 7 nitrogen and oxygen atoms in total. The van der Waals surface area contributed by atoms with E-state index in [9.17, 15) is 18.0 Å². The molecule has 1 saturated carbocycles. The number of anilines is 1. The number of nitrogens with one attached hydrogen (secondary N) is 1. The lowest BCUT2D eigenvalue weighted by Crippen LogP contribution is -2.55. The van der Waals surface area contributed by atoms with Gasteiger partial charge in [-0.1, -0.05) is 89.8 Å². The van der Waals surface area contributed by atoms with E-state index >= 15 is 0 Å². The molecule has 0 spiro atoms. The normalized spacial score (nSPS) is 14.7. The van der Waals surface area contributed by atoms with Crippen LogP contribution in [0.5, 0.6) is 0 Å². The summed E-state index contributed by atoms with van der Waals surface area (Å²) in [5.41, 5.74) is 2.10. The van der Waals surface area contributed by atoms with Gasteiger partial charge < -0.3 is 10.2 Å². The summed E-state index contributed by atoms with van der Waals surface area (Å²) in [5.74, 6) is -0.688. The van der Waals surface area contributed by atoms with E-state index < -0.39 is 28.5 Å². The molecule has 10 heteroatoms. The Morgan fingerprint density at radius 2 is 1.51 bits per heavy atom. The van der Waals surface area contributed by atoms with Crippen molar-refractivity contribution < 1.29 is 18.0 Å². The van der Waals surface area contributed by atoms with Crippen LogP contribution in [0.1, 0.15) is 43.2 Å². The van der Waals surface area contributed by atoms with Crippen molar-refractivity contribution in [3.05, 3.63) is 98.9 Å². The Kier molecular flexibility index (Phi) is 11.0. The largest absolute Gasteiger partial charge is 0.352 e. The van der Waals surface area contributed by atoms with Gasteiger partial charge >= 0.3 is 0 Å². The summed E-state index contributed by atoms with van der Waals surface area (Å²) in [4.78, 5) is 29.7. The third-order valence-electron chi connectivity index (χ3n) is 7.29. The first-order valence-corrected chi connectivity index (χ1v) is 17.2. The highest BCUT2D eigenvalue weighted by atomic mass is 79.9. The Hall–Kier alpha value is -2.69. The van der Waals surface area contributed by atoms with E-state index in [1.165, 1.54) is 4.90 Å². The highest BCUT2D eigenvalue weighted by Crippen LogP contribution is 2.28. The number of rotatable bonds is 11. The molecule has 4 rings (SSSR count). The predicted octanol–water partition coefficient (Wildman–Crippen LogP) is 6.07. The van der Waals surface area contributed by atoms with Crippen molar-refractivity contribution >= 4 is 59.4 Å². The third-order valence-corrected chi connectivity index (χ3v) is 9.61. The number of amides is 2. The summed E-state index contributed by atoms with van der Waals surface area (Å²) in [5, 5.41) is 3.21. The molecule has 0 heterocycles. The van der Waals surface area contributed by atoms with Crippen LogP contribution in [0, 0.1) is 0 Å². The van der Waals surface area contributed by atoms with Gasteiger partial charge in [0.15, 0.2) is 0 Å². The minimum atomic E-state index is -3.83. The lowest BCUT2D eigenvalue weighted by atomic mass is 9.94. The minimum Gasteiger partial charge on any atom is -0.352 e. The van der Waals surface area contributed by atoms with E-state index in [0.717, 1.165) is 58.3 Å². The smallest absolute Gasteiger partial charge is 0.244 e. The van der Waals surface area contributed by atoms with Gasteiger partial charge in [0.05, 0.1) is 11.9 Å². The number of carbonyl (C=O) groups is 2. The van der Waals surface area contributed by atoms with Gasteiger partial charge in [-0.25, -0.2) is 8.42 Å². The van der Waals surface area contributed by atoms with Crippen LogP contribution in [0.15, 0.2) is 87.8 Å². The van der Waals surface area contributed by atoms with Crippen LogP contribution in [0.2, 0.25) is 0 Å². The molecular weight excluding hydrogens is 670 g/mol. The van der Waals surface area contributed by atoms with Crippen LogP contribution in [-0.4, -0.2) is 50.0 Å². The van der Waals surface area contributed by atoms with E-state index in [1.807, 2.05) is 54.6 Å². The molecule has 0 saturated heterocycles. The quantitative estimate of drug-likeness (QED) is 0.263. The summed E-state index contributed by atoms with van der Waals surface area (Å²) >= 11 is 6.89. The number of nitrogens with zero attached hydrogens (tertiary/aromatic N) is 2. The van der Waals surface area contributed by atoms with Crippen LogP contribution in [0.25, 0.3) is 0 Å². The van der Waals surface area contributed by atoms with Crippen molar-refractivity contribution in [2.45, 2.75) is 57.2 Å². The van der Waals surface area contributed by atoms with Gasteiger partial charge in [0.1, 0.15) is 12.6 Å². The Labute approximate surface area is 259 Å². The molecule has 0 aromatic heterocycles. The first-order chi connectivity index (χ1) is 19.6. The first kappa shape index (κ1) is 31.3. The molecule has 1 fully saturated rings.